The van der Waals surface area contributed by atoms with E-state index in [2.05, 4.69) is 4.98 Å². The number of H-pyrrole nitrogens is 1. The molecule has 1 atom stereocenters. The van der Waals surface area contributed by atoms with Crippen LogP contribution in [0, 0.1) is 0 Å². The van der Waals surface area contributed by atoms with Crippen LogP contribution in [0.2, 0.25) is 0 Å². The fraction of sp³-hybridized carbons (Fsp3) is 0.250. The molecule has 1 aromatic heterocycles. The van der Waals surface area contributed by atoms with Gasteiger partial charge in [-0.1, -0.05) is 43.3 Å². The normalized spacial score (nSPS) is 13.1. The van der Waals surface area contributed by atoms with Crippen LogP contribution in [0.5, 0.6) is 0 Å². The summed E-state index contributed by atoms with van der Waals surface area (Å²) in [4.78, 5) is 14.5. The number of benzene rings is 2. The number of carbonyl (C=O) groups is 1. The first-order chi connectivity index (χ1) is 12.3. The fourth-order valence-electron chi connectivity index (χ4n) is 3.44. The highest BCUT2D eigenvalue weighted by Crippen LogP contribution is 2.41. The summed E-state index contributed by atoms with van der Waals surface area (Å²) in [6.45, 7) is 1.99. The quantitative estimate of drug-likeness (QED) is 0.643. The number of hydrogen-bond donors (Lipinski definition) is 2. The number of hydrogen-bond acceptors (Lipinski definition) is 1. The van der Waals surface area contributed by atoms with E-state index in [1.165, 1.54) is 18.2 Å². The number of alkyl halides is 3. The van der Waals surface area contributed by atoms with E-state index in [0.717, 1.165) is 29.0 Å². The average molecular weight is 361 g/mol. The summed E-state index contributed by atoms with van der Waals surface area (Å²) in [6.07, 6.45) is -2.57. The van der Waals surface area contributed by atoms with Gasteiger partial charge in [0.1, 0.15) is 0 Å². The number of nitrogens with one attached hydrogen (secondary N) is 1. The summed E-state index contributed by atoms with van der Waals surface area (Å²) in [6, 6.07) is 10.8. The van der Waals surface area contributed by atoms with Crippen molar-refractivity contribution in [3.63, 3.8) is 0 Å². The lowest BCUT2D eigenvalue weighted by Crippen LogP contribution is -2.15. The first-order valence-corrected chi connectivity index (χ1v) is 8.29. The van der Waals surface area contributed by atoms with Crippen molar-refractivity contribution < 1.29 is 23.1 Å². The van der Waals surface area contributed by atoms with Crippen molar-refractivity contribution in [2.45, 2.75) is 31.9 Å². The molecular weight excluding hydrogens is 343 g/mol. The minimum Gasteiger partial charge on any atom is -0.481 e. The number of aromatic nitrogens is 1. The summed E-state index contributed by atoms with van der Waals surface area (Å²) in [5.74, 6) is -2.04. The van der Waals surface area contributed by atoms with Crippen LogP contribution in [0.4, 0.5) is 13.2 Å². The molecule has 2 N–H and O–H groups in total. The molecule has 3 nitrogen and oxygen atoms in total. The van der Waals surface area contributed by atoms with E-state index < -0.39 is 30.0 Å². The Bertz CT molecular complexity index is 944. The number of aryl methyl sites for hydroxylation is 1. The molecule has 26 heavy (non-hydrogen) atoms. The molecule has 2 aromatic carbocycles. The number of halogens is 3. The van der Waals surface area contributed by atoms with Gasteiger partial charge in [-0.3, -0.25) is 4.79 Å². The number of para-hydroxylation sites is 1. The van der Waals surface area contributed by atoms with Gasteiger partial charge >= 0.3 is 12.1 Å². The largest absolute Gasteiger partial charge is 0.481 e. The molecule has 0 amide bonds. The highest BCUT2D eigenvalue weighted by Gasteiger charge is 2.36. The molecule has 0 radical (unpaired) electrons. The monoisotopic (exact) mass is 361 g/mol. The Kier molecular flexibility index (Phi) is 4.76. The number of fused-ring (bicyclic) bond motifs is 1. The Balaban J connectivity index is 2.23. The number of rotatable bonds is 5. The molecule has 3 rings (SSSR count). The van der Waals surface area contributed by atoms with Gasteiger partial charge in [0.25, 0.3) is 0 Å². The molecule has 3 aromatic rings. The van der Waals surface area contributed by atoms with Crippen molar-refractivity contribution in [1.82, 2.24) is 4.98 Å². The lowest BCUT2D eigenvalue weighted by atomic mass is 9.85. The van der Waals surface area contributed by atoms with Crippen LogP contribution in [0.25, 0.3) is 10.9 Å². The second kappa shape index (κ2) is 6.86. The zero-order valence-electron chi connectivity index (χ0n) is 14.1. The van der Waals surface area contributed by atoms with Crippen LogP contribution < -0.4 is 0 Å². The Hall–Kier alpha value is -2.76. The third-order valence-electron chi connectivity index (χ3n) is 4.61. The second-order valence-electron chi connectivity index (χ2n) is 6.17. The van der Waals surface area contributed by atoms with Crippen molar-refractivity contribution in [1.29, 1.82) is 0 Å². The van der Waals surface area contributed by atoms with Crippen molar-refractivity contribution in [2.24, 2.45) is 0 Å². The summed E-state index contributed by atoms with van der Waals surface area (Å²) < 4.78 is 40.4. The maximum atomic E-state index is 13.5. The van der Waals surface area contributed by atoms with E-state index >= 15 is 0 Å². The smallest absolute Gasteiger partial charge is 0.416 e. The van der Waals surface area contributed by atoms with Crippen molar-refractivity contribution in [3.05, 3.63) is 70.9 Å². The molecule has 0 aliphatic carbocycles. The zero-order chi connectivity index (χ0) is 18.9. The van der Waals surface area contributed by atoms with Gasteiger partial charge in [0.15, 0.2) is 0 Å². The number of aliphatic carboxylic acids is 1. The number of carboxylic acids is 1. The summed E-state index contributed by atoms with van der Waals surface area (Å²) >= 11 is 0. The Morgan fingerprint density at radius 1 is 1.12 bits per heavy atom. The van der Waals surface area contributed by atoms with Gasteiger partial charge in [-0.25, -0.2) is 0 Å². The van der Waals surface area contributed by atoms with Crippen LogP contribution in [0.15, 0.2) is 48.7 Å². The van der Waals surface area contributed by atoms with Crippen LogP contribution in [-0.4, -0.2) is 16.1 Å². The highest BCUT2D eigenvalue weighted by atomic mass is 19.4. The molecule has 0 saturated heterocycles. The first-order valence-electron chi connectivity index (χ1n) is 8.29. The Morgan fingerprint density at radius 2 is 1.85 bits per heavy atom. The van der Waals surface area contributed by atoms with E-state index in [4.69, 9.17) is 0 Å². The zero-order valence-corrected chi connectivity index (χ0v) is 14.1. The SMILES string of the molecule is CCc1cccc2c([C@H](CC(=O)O)c3ccccc3C(F)(F)F)c[nH]c12. The van der Waals surface area contributed by atoms with Gasteiger partial charge < -0.3 is 10.1 Å². The molecule has 0 bridgehead atoms. The van der Waals surface area contributed by atoms with Gasteiger partial charge in [-0.05, 0) is 29.2 Å². The minimum atomic E-state index is -4.55. The third kappa shape index (κ3) is 3.31. The standard InChI is InChI=1S/C20H18F3NO2/c1-2-12-6-5-8-14-16(11-24-19(12)14)15(10-18(25)26)13-7-3-4-9-17(13)20(21,22)23/h3-9,11,15,24H,2,10H2,1H3,(H,25,26)/t15-/m1/s1. The van der Waals surface area contributed by atoms with Gasteiger partial charge in [0.05, 0.1) is 12.0 Å². The molecule has 136 valence electrons. The Labute approximate surface area is 148 Å². The average Bonchev–Trinajstić information content (AvgIpc) is 3.02. The van der Waals surface area contributed by atoms with Gasteiger partial charge in [0, 0.05) is 23.0 Å². The number of carboxylic acid groups (broad SMARTS) is 1. The maximum Gasteiger partial charge on any atom is 0.416 e. The van der Waals surface area contributed by atoms with Gasteiger partial charge in [-0.2, -0.15) is 13.2 Å². The van der Waals surface area contributed by atoms with E-state index in [9.17, 15) is 23.1 Å². The predicted molar refractivity (Wildman–Crippen MR) is 93.2 cm³/mol. The van der Waals surface area contributed by atoms with Crippen molar-refractivity contribution >= 4 is 16.9 Å². The van der Waals surface area contributed by atoms with Crippen LogP contribution in [0.3, 0.4) is 0 Å². The molecule has 0 unspecified atom stereocenters. The van der Waals surface area contributed by atoms with E-state index in [-0.39, 0.29) is 5.56 Å². The molecule has 0 spiro atoms. The minimum absolute atomic E-state index is 0.0230. The van der Waals surface area contributed by atoms with Gasteiger partial charge in [-0.15, -0.1) is 0 Å². The fourth-order valence-corrected chi connectivity index (χ4v) is 3.44. The van der Waals surface area contributed by atoms with Crippen LogP contribution in [-0.2, 0) is 17.4 Å². The van der Waals surface area contributed by atoms with E-state index in [1.54, 1.807) is 6.20 Å². The molecular formula is C20H18F3NO2. The molecule has 0 aliphatic rings. The molecule has 0 aliphatic heterocycles. The Morgan fingerprint density at radius 3 is 2.50 bits per heavy atom. The summed E-state index contributed by atoms with van der Waals surface area (Å²) in [7, 11) is 0. The van der Waals surface area contributed by atoms with Crippen molar-refractivity contribution in [3.8, 4) is 0 Å². The predicted octanol–water partition coefficient (Wildman–Crippen LogP) is 5.36. The van der Waals surface area contributed by atoms with E-state index in [1.807, 2.05) is 25.1 Å². The molecule has 1 heterocycles. The maximum absolute atomic E-state index is 13.5. The molecule has 0 saturated carbocycles. The first kappa shape index (κ1) is 18.0. The van der Waals surface area contributed by atoms with E-state index in [0.29, 0.717) is 5.56 Å². The highest BCUT2D eigenvalue weighted by molar-refractivity contribution is 5.87. The lowest BCUT2D eigenvalue weighted by Gasteiger charge is -2.20. The summed E-state index contributed by atoms with van der Waals surface area (Å²) in [5.41, 5.74) is 1.61. The van der Waals surface area contributed by atoms with Crippen LogP contribution in [0.1, 0.15) is 41.5 Å². The van der Waals surface area contributed by atoms with Crippen LogP contribution >= 0.6 is 0 Å². The molecule has 6 heteroatoms. The lowest BCUT2D eigenvalue weighted by molar-refractivity contribution is -0.140. The topological polar surface area (TPSA) is 53.1 Å². The summed E-state index contributed by atoms with van der Waals surface area (Å²) in [5, 5.41) is 10.1. The number of aromatic amines is 1. The molecule has 0 fully saturated rings. The third-order valence-corrected chi connectivity index (χ3v) is 4.61. The van der Waals surface area contributed by atoms with Crippen molar-refractivity contribution in [2.75, 3.05) is 0 Å². The second-order valence-corrected chi connectivity index (χ2v) is 6.17. The van der Waals surface area contributed by atoms with Gasteiger partial charge in [0.2, 0.25) is 0 Å².